The molecule has 0 radical (unpaired) electrons. The normalized spacial score (nSPS) is 41.8. The molecule has 6 fully saturated rings. The summed E-state index contributed by atoms with van der Waals surface area (Å²) in [5.41, 5.74) is 20.2. The Kier molecular flexibility index (Phi) is 10.2. The van der Waals surface area contributed by atoms with E-state index < -0.39 is 0 Å². The molecule has 12 bridgehead atoms. The highest BCUT2D eigenvalue weighted by atomic mass is 15.1. The number of rotatable bonds is 3. The van der Waals surface area contributed by atoms with Crippen molar-refractivity contribution in [1.29, 1.82) is 0 Å². The van der Waals surface area contributed by atoms with Crippen LogP contribution >= 0.6 is 0 Å². The first-order chi connectivity index (χ1) is 26.7. The molecule has 0 amide bonds. The summed E-state index contributed by atoms with van der Waals surface area (Å²) < 4.78 is 0. The van der Waals surface area contributed by atoms with Crippen molar-refractivity contribution in [3.8, 4) is 0 Å². The van der Waals surface area contributed by atoms with Crippen LogP contribution in [0.1, 0.15) is 141 Å². The summed E-state index contributed by atoms with van der Waals surface area (Å²) >= 11 is 0. The summed E-state index contributed by atoms with van der Waals surface area (Å²) in [4.78, 5) is 2.92. The third kappa shape index (κ3) is 7.35. The first-order valence-corrected chi connectivity index (χ1v) is 22.9. The lowest BCUT2D eigenvalue weighted by Gasteiger charge is -2.40. The van der Waals surface area contributed by atoms with E-state index in [-0.39, 0.29) is 0 Å². The lowest BCUT2D eigenvalue weighted by Crippen LogP contribution is -2.34. The van der Waals surface area contributed by atoms with Gasteiger partial charge >= 0.3 is 0 Å². The molecule has 5 atom stereocenters. The lowest BCUT2D eigenvalue weighted by atomic mass is 9.70. The zero-order valence-electron chi connectivity index (χ0n) is 33.2. The van der Waals surface area contributed by atoms with Gasteiger partial charge in [0.15, 0.2) is 0 Å². The highest BCUT2D eigenvalue weighted by molar-refractivity contribution is 5.54. The summed E-state index contributed by atoms with van der Waals surface area (Å²) in [5, 5.41) is 0. The minimum Gasteiger partial charge on any atom is -0.367 e. The molecule has 5 saturated carbocycles. The van der Waals surface area contributed by atoms with Crippen LogP contribution in [0, 0.1) is 29.6 Å². The average Bonchev–Trinajstić information content (AvgIpc) is 3.56. The molecule has 282 valence electrons. The number of piperidine rings is 1. The van der Waals surface area contributed by atoms with Crippen molar-refractivity contribution in [3.63, 3.8) is 0 Å². The van der Waals surface area contributed by atoms with E-state index in [9.17, 15) is 0 Å². The Morgan fingerprint density at radius 1 is 0.407 bits per heavy atom. The van der Waals surface area contributed by atoms with Crippen LogP contribution in [-0.4, -0.2) is 18.0 Å². The Morgan fingerprint density at radius 2 is 0.944 bits per heavy atom. The number of fused-ring (bicyclic) bond motifs is 12. The SMILES string of the molecule is C1=C\C2CCC/C(=C/C=C/1C1=C3CCC[C@H](C3)C(C3=C\C=C4\CCC(/C=C\3)C4)=C3CCCN(C3)C(/C3=C/C=C4\CCCC(/C=C\3)C4)=C3/CCCCC1C3)C2. The van der Waals surface area contributed by atoms with Gasteiger partial charge in [0.1, 0.15) is 0 Å². The molecule has 1 saturated heterocycles. The van der Waals surface area contributed by atoms with Gasteiger partial charge in [-0.05, 0) is 203 Å². The Hall–Kier alpha value is -3.32. The Labute approximate surface area is 327 Å². The van der Waals surface area contributed by atoms with Crippen LogP contribution in [0.2, 0.25) is 0 Å². The highest BCUT2D eigenvalue weighted by Gasteiger charge is 2.35. The van der Waals surface area contributed by atoms with E-state index in [2.05, 4.69) is 77.8 Å². The van der Waals surface area contributed by atoms with Gasteiger partial charge in [-0.3, -0.25) is 0 Å². The van der Waals surface area contributed by atoms with Gasteiger partial charge in [-0.1, -0.05) is 102 Å². The topological polar surface area (TPSA) is 3.24 Å². The van der Waals surface area contributed by atoms with Crippen molar-refractivity contribution in [1.82, 2.24) is 4.90 Å². The molecule has 1 heteroatoms. The van der Waals surface area contributed by atoms with E-state index >= 15 is 0 Å². The van der Waals surface area contributed by atoms with E-state index in [1.54, 1.807) is 55.9 Å². The zero-order chi connectivity index (χ0) is 35.8. The summed E-state index contributed by atoms with van der Waals surface area (Å²) in [6.45, 7) is 2.30. The second-order valence-corrected chi connectivity index (χ2v) is 19.1. The Morgan fingerprint density at radius 3 is 1.67 bits per heavy atom. The molecular weight excluding hydrogens is 651 g/mol. The molecule has 2 heterocycles. The van der Waals surface area contributed by atoms with Crippen LogP contribution in [0.4, 0.5) is 0 Å². The maximum Gasteiger partial charge on any atom is 0.0434 e. The number of hydrogen-bond donors (Lipinski definition) is 0. The van der Waals surface area contributed by atoms with Gasteiger partial charge in [0.2, 0.25) is 0 Å². The molecule has 0 aromatic carbocycles. The maximum absolute atomic E-state index is 2.92. The van der Waals surface area contributed by atoms with Gasteiger partial charge in [0.25, 0.3) is 0 Å². The summed E-state index contributed by atoms with van der Waals surface area (Å²) in [7, 11) is 0. The molecule has 54 heavy (non-hydrogen) atoms. The van der Waals surface area contributed by atoms with Crippen LogP contribution in [0.25, 0.3) is 0 Å². The smallest absolute Gasteiger partial charge is 0.0434 e. The van der Waals surface area contributed by atoms with Gasteiger partial charge in [0, 0.05) is 18.8 Å². The first-order valence-electron chi connectivity index (χ1n) is 22.9. The largest absolute Gasteiger partial charge is 0.367 e. The highest BCUT2D eigenvalue weighted by Crippen LogP contribution is 2.49. The summed E-state index contributed by atoms with van der Waals surface area (Å²) in [6.07, 6.45) is 59.9. The van der Waals surface area contributed by atoms with Crippen molar-refractivity contribution >= 4 is 0 Å². The molecule has 8 aliphatic carbocycles. The van der Waals surface area contributed by atoms with Crippen LogP contribution in [-0.2, 0) is 0 Å². The van der Waals surface area contributed by atoms with Crippen LogP contribution in [0.15, 0.2) is 140 Å². The minimum absolute atomic E-state index is 0.604. The van der Waals surface area contributed by atoms with Crippen molar-refractivity contribution < 1.29 is 0 Å². The van der Waals surface area contributed by atoms with Gasteiger partial charge in [0.05, 0.1) is 0 Å². The van der Waals surface area contributed by atoms with Crippen molar-refractivity contribution in [3.05, 3.63) is 140 Å². The fraction of sp³-hybridized carbons (Fsp3) is 0.547. The summed E-state index contributed by atoms with van der Waals surface area (Å²) in [6, 6.07) is 0. The lowest BCUT2D eigenvalue weighted by molar-refractivity contribution is 0.325. The van der Waals surface area contributed by atoms with Crippen molar-refractivity contribution in [2.45, 2.75) is 141 Å². The van der Waals surface area contributed by atoms with E-state index in [1.807, 2.05) is 5.57 Å². The predicted octanol–water partition coefficient (Wildman–Crippen LogP) is 14.2. The molecule has 2 aliphatic heterocycles. The van der Waals surface area contributed by atoms with E-state index in [4.69, 9.17) is 0 Å². The third-order valence-electron chi connectivity index (χ3n) is 15.4. The fourth-order valence-corrected chi connectivity index (χ4v) is 12.7. The van der Waals surface area contributed by atoms with Crippen LogP contribution in [0.3, 0.4) is 0 Å². The monoisotopic (exact) mass is 716 g/mol. The molecule has 10 aliphatic rings. The molecule has 10 rings (SSSR count). The van der Waals surface area contributed by atoms with Gasteiger partial charge in [-0.2, -0.15) is 0 Å². The Balaban J connectivity index is 1.18. The molecule has 0 spiro atoms. The zero-order valence-corrected chi connectivity index (χ0v) is 33.2. The quantitative estimate of drug-likeness (QED) is 0.281. The number of allylic oxidation sites excluding steroid dienone is 21. The number of nitrogens with zero attached hydrogens (tertiary/aromatic N) is 1. The molecule has 0 N–H and O–H groups in total. The predicted molar refractivity (Wildman–Crippen MR) is 228 cm³/mol. The van der Waals surface area contributed by atoms with E-state index in [1.165, 1.54) is 153 Å². The molecule has 1 nitrogen and oxygen atoms in total. The maximum atomic E-state index is 2.92. The van der Waals surface area contributed by atoms with E-state index in [0.717, 1.165) is 18.4 Å². The molecule has 0 aromatic heterocycles. The standard InChI is InChI=1S/C53H65N/c1-2-12-49-35-46(11-1)51(43-24-18-37-7-3-8-38(31-37)19-25-43)47-13-5-14-48(34-47)52(44-26-20-41-16-17-42(33-41)21-27-44)50-15-6-30-54(36-50)53(49)45-28-22-39-9-4-10-40(32-39)23-29-45/h18-29,37,39,41,46,48H,1-17,30-36H2/b24-18-,26-20-,28-22-,38-19-,40-23+,42-21-,43-25-,44-27-,45-29+,51-47?,52-50?,53-49-/t37?,39?,41?,46?,48-/m1/s1. The second-order valence-electron chi connectivity index (χ2n) is 19.1. The Bertz CT molecular complexity index is 1900. The molecular formula is C53H65N. The van der Waals surface area contributed by atoms with Crippen LogP contribution in [0.5, 0.6) is 0 Å². The molecule has 0 aromatic rings. The fourth-order valence-electron chi connectivity index (χ4n) is 12.7. The second kappa shape index (κ2) is 15.7. The number of hydrogen-bond acceptors (Lipinski definition) is 1. The van der Waals surface area contributed by atoms with Crippen molar-refractivity contribution in [2.24, 2.45) is 29.6 Å². The average molecular weight is 716 g/mol. The first kappa shape index (κ1) is 35.1. The van der Waals surface area contributed by atoms with Gasteiger partial charge in [-0.25, -0.2) is 0 Å². The molecule has 4 unspecified atom stereocenters. The van der Waals surface area contributed by atoms with Gasteiger partial charge in [-0.15, -0.1) is 0 Å². The van der Waals surface area contributed by atoms with Gasteiger partial charge < -0.3 is 4.90 Å². The minimum atomic E-state index is 0.604. The van der Waals surface area contributed by atoms with Crippen molar-refractivity contribution in [2.75, 3.05) is 13.1 Å². The van der Waals surface area contributed by atoms with Crippen LogP contribution < -0.4 is 0 Å². The summed E-state index contributed by atoms with van der Waals surface area (Å²) in [5.74, 6) is 3.38. The third-order valence-corrected chi connectivity index (χ3v) is 15.4. The van der Waals surface area contributed by atoms with E-state index in [0.29, 0.717) is 17.8 Å².